The number of ketones is 1. The predicted octanol–water partition coefficient (Wildman–Crippen LogP) is 5.74. The number of ether oxygens (including phenoxy) is 1. The largest absolute Gasteiger partial charge is 0.492 e. The van der Waals surface area contributed by atoms with Crippen molar-refractivity contribution >= 4 is 23.8 Å². The highest BCUT2D eigenvalue weighted by atomic mass is 16.5. The molecule has 0 saturated carbocycles. The van der Waals surface area contributed by atoms with E-state index in [0.29, 0.717) is 23.3 Å². The zero-order valence-electron chi connectivity index (χ0n) is 21.7. The van der Waals surface area contributed by atoms with E-state index >= 15 is 0 Å². The predicted molar refractivity (Wildman–Crippen MR) is 152 cm³/mol. The lowest BCUT2D eigenvalue weighted by atomic mass is 9.93. The summed E-state index contributed by atoms with van der Waals surface area (Å²) in [6.07, 6.45) is 7.64. The molecule has 0 aromatic heterocycles. The molecule has 0 atom stereocenters. The average molecular weight is 507 g/mol. The fourth-order valence-electron chi connectivity index (χ4n) is 5.04. The molecular weight excluding hydrogens is 472 g/mol. The Labute approximate surface area is 225 Å². The third-order valence-electron chi connectivity index (χ3n) is 7.10. The molecule has 0 aliphatic carbocycles. The van der Waals surface area contributed by atoms with E-state index in [2.05, 4.69) is 4.90 Å². The average Bonchev–Trinajstić information content (AvgIpc) is 2.97. The Hall–Kier alpha value is -3.96. The van der Waals surface area contributed by atoms with Gasteiger partial charge < -0.3 is 9.64 Å². The number of nitrogens with zero attached hydrogens (tertiary/aromatic N) is 2. The highest BCUT2D eigenvalue weighted by Crippen LogP contribution is 2.24. The maximum absolute atomic E-state index is 13.5. The molecule has 2 saturated heterocycles. The summed E-state index contributed by atoms with van der Waals surface area (Å²) in [5.41, 5.74) is 3.68. The van der Waals surface area contributed by atoms with Crippen LogP contribution in [0.4, 0.5) is 0 Å². The van der Waals surface area contributed by atoms with E-state index in [1.807, 2.05) is 97.1 Å². The van der Waals surface area contributed by atoms with Crippen LogP contribution in [-0.2, 0) is 4.79 Å². The molecule has 1 amide bonds. The van der Waals surface area contributed by atoms with E-state index in [0.717, 1.165) is 36.5 Å². The number of likely N-dealkylation sites (tertiary alicyclic amines) is 2. The van der Waals surface area contributed by atoms with Crippen molar-refractivity contribution in [1.29, 1.82) is 0 Å². The van der Waals surface area contributed by atoms with Crippen LogP contribution in [0.2, 0.25) is 0 Å². The number of hydrogen-bond donors (Lipinski definition) is 0. The standard InChI is InChI=1S/C33H34N2O3/c36-32-29(22-26-10-4-1-5-11-26)24-35(25-30(32)23-27-12-6-2-7-13-27)33(37)28-14-16-31(17-15-28)38-21-20-34-18-8-3-9-19-34/h1-2,4-7,10-17,22-23H,3,8-9,18-21,24-25H2/b29-22+,30-23+. The van der Waals surface area contributed by atoms with Crippen LogP contribution in [0.3, 0.4) is 0 Å². The van der Waals surface area contributed by atoms with Crippen LogP contribution in [0.15, 0.2) is 96.1 Å². The molecule has 3 aromatic carbocycles. The molecule has 2 aliphatic heterocycles. The van der Waals surface area contributed by atoms with Gasteiger partial charge >= 0.3 is 0 Å². The number of benzene rings is 3. The first kappa shape index (κ1) is 25.7. The van der Waals surface area contributed by atoms with Gasteiger partial charge in [-0.3, -0.25) is 14.5 Å². The first-order valence-corrected chi connectivity index (χ1v) is 13.5. The maximum atomic E-state index is 13.5. The van der Waals surface area contributed by atoms with Gasteiger partial charge in [-0.1, -0.05) is 67.1 Å². The van der Waals surface area contributed by atoms with Crippen LogP contribution in [0.25, 0.3) is 12.2 Å². The normalized spacial score (nSPS) is 18.6. The smallest absolute Gasteiger partial charge is 0.254 e. The Balaban J connectivity index is 1.31. The molecule has 2 fully saturated rings. The van der Waals surface area contributed by atoms with Crippen molar-refractivity contribution in [1.82, 2.24) is 9.80 Å². The van der Waals surface area contributed by atoms with Gasteiger partial charge in [0.2, 0.25) is 0 Å². The van der Waals surface area contributed by atoms with Crippen molar-refractivity contribution in [2.24, 2.45) is 0 Å². The van der Waals surface area contributed by atoms with E-state index in [1.54, 1.807) is 4.90 Å². The van der Waals surface area contributed by atoms with Gasteiger partial charge in [0.25, 0.3) is 5.91 Å². The summed E-state index contributed by atoms with van der Waals surface area (Å²) in [6, 6.07) is 26.9. The third kappa shape index (κ3) is 6.67. The van der Waals surface area contributed by atoms with Crippen LogP contribution < -0.4 is 4.74 Å². The van der Waals surface area contributed by atoms with Gasteiger partial charge in [0, 0.05) is 23.3 Å². The summed E-state index contributed by atoms with van der Waals surface area (Å²) in [7, 11) is 0. The van der Waals surface area contributed by atoms with Crippen molar-refractivity contribution in [2.45, 2.75) is 19.3 Å². The van der Waals surface area contributed by atoms with Gasteiger partial charge in [0.15, 0.2) is 5.78 Å². The first-order valence-electron chi connectivity index (χ1n) is 13.5. The van der Waals surface area contributed by atoms with E-state index < -0.39 is 0 Å². The second-order valence-corrected chi connectivity index (χ2v) is 9.93. The first-order chi connectivity index (χ1) is 18.7. The molecule has 38 heavy (non-hydrogen) atoms. The Morgan fingerprint density at radius 1 is 0.737 bits per heavy atom. The van der Waals surface area contributed by atoms with Crippen LogP contribution in [-0.4, -0.2) is 60.8 Å². The number of piperidine rings is 2. The van der Waals surface area contributed by atoms with E-state index in [1.165, 1.54) is 19.3 Å². The molecule has 5 rings (SSSR count). The molecule has 2 heterocycles. The van der Waals surface area contributed by atoms with Gasteiger partial charge in [0.1, 0.15) is 12.4 Å². The lowest BCUT2D eigenvalue weighted by Crippen LogP contribution is -2.41. The van der Waals surface area contributed by atoms with Crippen molar-refractivity contribution in [2.75, 3.05) is 39.3 Å². The molecule has 0 N–H and O–H groups in total. The quantitative estimate of drug-likeness (QED) is 0.383. The van der Waals surface area contributed by atoms with Crippen molar-refractivity contribution in [3.8, 4) is 5.75 Å². The number of carbonyl (C=O) groups excluding carboxylic acids is 2. The van der Waals surface area contributed by atoms with Crippen LogP contribution in [0.5, 0.6) is 5.75 Å². The number of Topliss-reactive ketones (excluding diaryl/α,β-unsaturated/α-hetero) is 1. The Bertz CT molecular complexity index is 1230. The molecule has 5 heteroatoms. The van der Waals surface area contributed by atoms with Gasteiger partial charge in [-0.2, -0.15) is 0 Å². The molecule has 2 aliphatic rings. The minimum atomic E-state index is -0.102. The van der Waals surface area contributed by atoms with Crippen LogP contribution >= 0.6 is 0 Å². The monoisotopic (exact) mass is 506 g/mol. The fraction of sp³-hybridized carbons (Fsp3) is 0.273. The Kier molecular flexibility index (Phi) is 8.46. The number of rotatable bonds is 7. The van der Waals surface area contributed by atoms with Crippen molar-refractivity contribution in [3.05, 3.63) is 113 Å². The van der Waals surface area contributed by atoms with E-state index in [9.17, 15) is 9.59 Å². The molecule has 0 spiro atoms. The molecular formula is C33H34N2O3. The summed E-state index contributed by atoms with van der Waals surface area (Å²) in [5, 5.41) is 0. The Morgan fingerprint density at radius 2 is 1.29 bits per heavy atom. The van der Waals surface area contributed by atoms with Gasteiger partial charge in [-0.25, -0.2) is 0 Å². The number of hydrogen-bond acceptors (Lipinski definition) is 4. The van der Waals surface area contributed by atoms with Gasteiger partial charge in [0.05, 0.1) is 13.1 Å². The SMILES string of the molecule is O=C1/C(=C/c2ccccc2)CN(C(=O)c2ccc(OCCN3CCCCC3)cc2)C/C1=C\c1ccccc1. The zero-order chi connectivity index (χ0) is 26.2. The minimum absolute atomic E-state index is 0.0146. The second-order valence-electron chi connectivity index (χ2n) is 9.93. The second kappa shape index (κ2) is 12.5. The summed E-state index contributed by atoms with van der Waals surface area (Å²) in [6.45, 7) is 4.41. The van der Waals surface area contributed by atoms with Gasteiger partial charge in [-0.15, -0.1) is 0 Å². The zero-order valence-corrected chi connectivity index (χ0v) is 21.7. The molecule has 0 unspecified atom stereocenters. The fourth-order valence-corrected chi connectivity index (χ4v) is 5.04. The molecule has 0 radical (unpaired) electrons. The molecule has 194 valence electrons. The van der Waals surface area contributed by atoms with E-state index in [4.69, 9.17) is 4.74 Å². The number of amides is 1. The number of carbonyl (C=O) groups is 2. The lowest BCUT2D eigenvalue weighted by molar-refractivity contribution is -0.113. The summed E-state index contributed by atoms with van der Waals surface area (Å²) in [5.74, 6) is 0.649. The van der Waals surface area contributed by atoms with Crippen molar-refractivity contribution < 1.29 is 14.3 Å². The summed E-state index contributed by atoms with van der Waals surface area (Å²) in [4.78, 5) is 31.1. The Morgan fingerprint density at radius 3 is 1.84 bits per heavy atom. The van der Waals surface area contributed by atoms with Gasteiger partial charge in [-0.05, 0) is 73.5 Å². The lowest BCUT2D eigenvalue weighted by Gasteiger charge is -2.30. The molecule has 3 aromatic rings. The van der Waals surface area contributed by atoms with Crippen molar-refractivity contribution in [3.63, 3.8) is 0 Å². The maximum Gasteiger partial charge on any atom is 0.254 e. The van der Waals surface area contributed by atoms with Crippen LogP contribution in [0.1, 0.15) is 40.7 Å². The summed E-state index contributed by atoms with van der Waals surface area (Å²) < 4.78 is 5.94. The highest BCUT2D eigenvalue weighted by molar-refractivity contribution is 6.15. The third-order valence-corrected chi connectivity index (χ3v) is 7.10. The molecule has 0 bridgehead atoms. The highest BCUT2D eigenvalue weighted by Gasteiger charge is 2.29. The molecule has 5 nitrogen and oxygen atoms in total. The minimum Gasteiger partial charge on any atom is -0.492 e. The topological polar surface area (TPSA) is 49.9 Å². The van der Waals surface area contributed by atoms with Crippen LogP contribution in [0, 0.1) is 0 Å². The summed E-state index contributed by atoms with van der Waals surface area (Å²) >= 11 is 0. The van der Waals surface area contributed by atoms with E-state index in [-0.39, 0.29) is 24.8 Å².